The molecule has 3 aromatic rings. The monoisotopic (exact) mass is 731 g/mol. The summed E-state index contributed by atoms with van der Waals surface area (Å²) in [4.78, 5) is 27.3. The van der Waals surface area contributed by atoms with E-state index in [2.05, 4.69) is 55.7 Å². The second-order valence-corrected chi connectivity index (χ2v) is 17.6. The Labute approximate surface area is 307 Å². The van der Waals surface area contributed by atoms with Crippen LogP contribution in [0.5, 0.6) is 5.75 Å². The van der Waals surface area contributed by atoms with Gasteiger partial charge in [0.15, 0.2) is 0 Å². The van der Waals surface area contributed by atoms with Gasteiger partial charge in [-0.05, 0) is 97.7 Å². The standard InChI is InChI=1S/C40H50ClN5O4S/c1-4-6-28-17-34(41)11-13-35(28)33-23-46-22-31-9-12-36(31)30(20-45-16-15-37-32(21-45)19-42-25-43-37)8-5-7-26(2)27(3)51(48,49)44-40(47)29-10-14-39(50-24-33)38(46)18-29/h5,8,10-11,13-14,17-19,25-27,30-31,33,36H,4,6-7,9,12,15-16,20-24H2,1-3H3,(H,44,47)/b8-5+. The molecular weight excluding hydrogens is 682 g/mol. The lowest BCUT2D eigenvalue weighted by Crippen LogP contribution is -2.45. The largest absolute Gasteiger partial charge is 0.491 e. The fourth-order valence-corrected chi connectivity index (χ4v) is 9.97. The highest BCUT2D eigenvalue weighted by molar-refractivity contribution is 7.90. The molecule has 4 aliphatic rings. The number of benzene rings is 2. The number of hydrogen-bond acceptors (Lipinski definition) is 8. The summed E-state index contributed by atoms with van der Waals surface area (Å²) in [7, 11) is -3.92. The molecular formula is C40H50ClN5O4S. The van der Waals surface area contributed by atoms with Crippen LogP contribution in [-0.2, 0) is 29.4 Å². The molecule has 3 aliphatic heterocycles. The van der Waals surface area contributed by atoms with Crippen LogP contribution in [0.25, 0.3) is 0 Å². The number of carbonyl (C=O) groups is 1. The molecule has 0 radical (unpaired) electrons. The van der Waals surface area contributed by atoms with Gasteiger partial charge in [0.25, 0.3) is 5.91 Å². The lowest BCUT2D eigenvalue weighted by Gasteiger charge is -2.45. The van der Waals surface area contributed by atoms with Gasteiger partial charge in [0.1, 0.15) is 12.1 Å². The van der Waals surface area contributed by atoms with Gasteiger partial charge in [0, 0.05) is 73.1 Å². The Morgan fingerprint density at radius 3 is 2.76 bits per heavy atom. The normalized spacial score (nSPS) is 28.6. The molecule has 11 heteroatoms. The summed E-state index contributed by atoms with van der Waals surface area (Å²) < 4.78 is 35.9. The van der Waals surface area contributed by atoms with Crippen LogP contribution in [0.1, 0.15) is 85.1 Å². The molecule has 2 aromatic carbocycles. The molecule has 1 fully saturated rings. The minimum absolute atomic E-state index is 0.0895. The third kappa shape index (κ3) is 7.83. The van der Waals surface area contributed by atoms with Crippen molar-refractivity contribution in [3.05, 3.63) is 94.0 Å². The Morgan fingerprint density at radius 1 is 1.10 bits per heavy atom. The maximum absolute atomic E-state index is 13.5. The number of nitrogens with zero attached hydrogens (tertiary/aromatic N) is 4. The number of ether oxygens (including phenoxy) is 1. The van der Waals surface area contributed by atoms with Crippen molar-refractivity contribution >= 4 is 33.2 Å². The number of anilines is 1. The van der Waals surface area contributed by atoms with Crippen molar-refractivity contribution < 1.29 is 17.9 Å². The average molecular weight is 732 g/mol. The molecule has 6 unspecified atom stereocenters. The molecule has 0 spiro atoms. The van der Waals surface area contributed by atoms with E-state index in [4.69, 9.17) is 16.3 Å². The fourth-order valence-electron chi connectivity index (χ4n) is 8.49. The van der Waals surface area contributed by atoms with Crippen molar-refractivity contribution in [2.45, 2.75) is 77.0 Å². The summed E-state index contributed by atoms with van der Waals surface area (Å²) in [5.74, 6) is 1.27. The topological polar surface area (TPSA) is 105 Å². The molecule has 0 saturated heterocycles. The predicted octanol–water partition coefficient (Wildman–Crippen LogP) is 6.81. The van der Waals surface area contributed by atoms with E-state index in [1.807, 2.05) is 31.3 Å². The van der Waals surface area contributed by atoms with E-state index in [9.17, 15) is 13.2 Å². The first-order valence-electron chi connectivity index (χ1n) is 18.6. The number of rotatable bonds is 5. The number of nitrogens with one attached hydrogen (secondary N) is 1. The number of aryl methyl sites for hydroxylation is 1. The predicted molar refractivity (Wildman–Crippen MR) is 202 cm³/mol. The number of halogens is 1. The van der Waals surface area contributed by atoms with Gasteiger partial charge in [0.05, 0.1) is 17.5 Å². The molecule has 2 bridgehead atoms. The molecule has 1 aromatic heterocycles. The molecule has 1 amide bonds. The van der Waals surface area contributed by atoms with Gasteiger partial charge in [-0.25, -0.2) is 23.1 Å². The molecule has 272 valence electrons. The van der Waals surface area contributed by atoms with Gasteiger partial charge in [0.2, 0.25) is 10.0 Å². The van der Waals surface area contributed by atoms with E-state index < -0.39 is 21.2 Å². The molecule has 4 heterocycles. The first kappa shape index (κ1) is 35.9. The molecule has 1 N–H and O–H groups in total. The molecule has 6 atom stereocenters. The summed E-state index contributed by atoms with van der Waals surface area (Å²) >= 11 is 6.47. The SMILES string of the molecule is CCCc1cc(Cl)ccc1C1COc2ccc3cc2N(C1)CC1CCC1C(CN1CCc2ncncc2C1)/C=C/CC(C)C(C)S(=O)(=O)NC3=O. The Hall–Kier alpha value is -3.47. The maximum atomic E-state index is 13.5. The van der Waals surface area contributed by atoms with Crippen molar-refractivity contribution in [1.29, 1.82) is 0 Å². The molecule has 1 saturated carbocycles. The van der Waals surface area contributed by atoms with Crippen LogP contribution in [0.4, 0.5) is 5.69 Å². The summed E-state index contributed by atoms with van der Waals surface area (Å²) in [6, 6.07) is 11.5. The zero-order chi connectivity index (χ0) is 35.7. The maximum Gasteiger partial charge on any atom is 0.264 e. The van der Waals surface area contributed by atoms with E-state index in [-0.39, 0.29) is 11.8 Å². The van der Waals surface area contributed by atoms with Crippen LogP contribution in [0, 0.1) is 23.7 Å². The third-order valence-corrected chi connectivity index (χ3v) is 14.0. The van der Waals surface area contributed by atoms with Crippen LogP contribution in [0.15, 0.2) is 61.1 Å². The summed E-state index contributed by atoms with van der Waals surface area (Å²) in [5.41, 5.74) is 5.99. The minimum atomic E-state index is -3.92. The smallest absolute Gasteiger partial charge is 0.264 e. The summed E-state index contributed by atoms with van der Waals surface area (Å²) in [5, 5.41) is -0.00824. The second kappa shape index (κ2) is 15.2. The van der Waals surface area contributed by atoms with Gasteiger partial charge < -0.3 is 9.64 Å². The molecule has 9 nitrogen and oxygen atoms in total. The van der Waals surface area contributed by atoms with Crippen LogP contribution < -0.4 is 14.4 Å². The fraction of sp³-hybridized carbons (Fsp3) is 0.525. The van der Waals surface area contributed by atoms with Crippen molar-refractivity contribution in [2.24, 2.45) is 23.7 Å². The number of allylic oxidation sites excluding steroid dienone is 1. The van der Waals surface area contributed by atoms with Gasteiger partial charge in [-0.2, -0.15) is 0 Å². The quantitative estimate of drug-likeness (QED) is 0.286. The van der Waals surface area contributed by atoms with Gasteiger partial charge >= 0.3 is 0 Å². The zero-order valence-electron chi connectivity index (χ0n) is 29.9. The lowest BCUT2D eigenvalue weighted by molar-refractivity contribution is 0.0964. The first-order valence-corrected chi connectivity index (χ1v) is 20.5. The van der Waals surface area contributed by atoms with Crippen molar-refractivity contribution in [1.82, 2.24) is 19.6 Å². The zero-order valence-corrected chi connectivity index (χ0v) is 31.5. The van der Waals surface area contributed by atoms with E-state index in [1.54, 1.807) is 19.3 Å². The van der Waals surface area contributed by atoms with Crippen LogP contribution in [0.2, 0.25) is 5.02 Å². The number of carbonyl (C=O) groups excluding carboxylic acids is 1. The molecule has 51 heavy (non-hydrogen) atoms. The van der Waals surface area contributed by atoms with E-state index in [0.29, 0.717) is 42.1 Å². The van der Waals surface area contributed by atoms with E-state index >= 15 is 0 Å². The number of sulfonamides is 1. The number of aromatic nitrogens is 2. The summed E-state index contributed by atoms with van der Waals surface area (Å²) in [6.07, 6.45) is 13.9. The van der Waals surface area contributed by atoms with Crippen LogP contribution >= 0.6 is 11.6 Å². The van der Waals surface area contributed by atoms with Crippen LogP contribution in [-0.4, -0.2) is 67.2 Å². The van der Waals surface area contributed by atoms with E-state index in [1.165, 1.54) is 16.7 Å². The molecule has 1 aliphatic carbocycles. The van der Waals surface area contributed by atoms with Crippen molar-refractivity contribution in [2.75, 3.05) is 37.7 Å². The average Bonchev–Trinajstić information content (AvgIpc) is 3.28. The summed E-state index contributed by atoms with van der Waals surface area (Å²) in [6.45, 7) is 10.6. The number of amides is 1. The third-order valence-electron chi connectivity index (χ3n) is 11.8. The van der Waals surface area contributed by atoms with E-state index in [0.717, 1.165) is 81.2 Å². The lowest BCUT2D eigenvalue weighted by atomic mass is 9.66. The Balaban J connectivity index is 1.24. The Bertz CT molecular complexity index is 1890. The van der Waals surface area contributed by atoms with Crippen molar-refractivity contribution in [3.8, 4) is 5.75 Å². The van der Waals surface area contributed by atoms with Gasteiger partial charge in [-0.3, -0.25) is 9.69 Å². The Morgan fingerprint density at radius 2 is 1.96 bits per heavy atom. The number of hydrogen-bond donors (Lipinski definition) is 1. The van der Waals surface area contributed by atoms with Crippen molar-refractivity contribution in [3.63, 3.8) is 0 Å². The highest BCUT2D eigenvalue weighted by Crippen LogP contribution is 2.45. The molecule has 7 rings (SSSR count). The van der Waals surface area contributed by atoms with Gasteiger partial charge in [-0.1, -0.05) is 50.1 Å². The highest BCUT2D eigenvalue weighted by Gasteiger charge is 2.40. The Kier molecular flexibility index (Phi) is 10.7. The number of fused-ring (bicyclic) bond motifs is 3. The first-order chi connectivity index (χ1) is 24.6. The second-order valence-electron chi connectivity index (χ2n) is 15.2. The highest BCUT2D eigenvalue weighted by atomic mass is 35.5. The van der Waals surface area contributed by atoms with Gasteiger partial charge in [-0.15, -0.1) is 0 Å². The minimum Gasteiger partial charge on any atom is -0.491 e. The van der Waals surface area contributed by atoms with Crippen LogP contribution in [0.3, 0.4) is 0 Å².